The van der Waals surface area contributed by atoms with Crippen molar-refractivity contribution in [3.63, 3.8) is 0 Å². The van der Waals surface area contributed by atoms with Crippen LogP contribution in [0.1, 0.15) is 22.8 Å². The van der Waals surface area contributed by atoms with Gasteiger partial charge in [0.25, 0.3) is 11.1 Å². The Morgan fingerprint density at radius 3 is 2.52 bits per heavy atom. The number of pyridine rings is 1. The standard InChI is InChI=1S/C20H27F3N4O5Si/c1-13(10-26-11-14(19(30)31)5-6-16(26)28)25-15-9-24-27(12-32-7-8-33(2,3)4)18(29)17(15)20(21,22)23/h5-6,9,11,13,25H,7-8,10,12H2,1-4H3,(H,30,31). The number of carboxylic acid groups (broad SMARTS) is 1. The molecule has 13 heteroatoms. The minimum absolute atomic E-state index is 0.139. The number of hydrogen-bond donors (Lipinski definition) is 2. The van der Waals surface area contributed by atoms with Crippen LogP contribution in [0.4, 0.5) is 18.9 Å². The number of anilines is 1. The van der Waals surface area contributed by atoms with Gasteiger partial charge in [-0.3, -0.25) is 9.59 Å². The molecule has 0 aromatic carbocycles. The third kappa shape index (κ3) is 7.56. The number of carboxylic acids is 1. The Morgan fingerprint density at radius 1 is 1.27 bits per heavy atom. The van der Waals surface area contributed by atoms with Gasteiger partial charge in [-0.1, -0.05) is 19.6 Å². The van der Waals surface area contributed by atoms with E-state index >= 15 is 0 Å². The second kappa shape index (κ2) is 10.3. The van der Waals surface area contributed by atoms with Crippen molar-refractivity contribution in [2.24, 2.45) is 0 Å². The number of nitrogens with zero attached hydrogens (tertiary/aromatic N) is 3. The molecule has 33 heavy (non-hydrogen) atoms. The first-order valence-corrected chi connectivity index (χ1v) is 13.8. The maximum absolute atomic E-state index is 13.7. The van der Waals surface area contributed by atoms with Gasteiger partial charge in [0, 0.05) is 39.5 Å². The fourth-order valence-corrected chi connectivity index (χ4v) is 3.66. The van der Waals surface area contributed by atoms with Crippen LogP contribution in [0.2, 0.25) is 25.7 Å². The largest absolute Gasteiger partial charge is 0.478 e. The Kier molecular flexibility index (Phi) is 8.24. The molecule has 0 aliphatic rings. The highest BCUT2D eigenvalue weighted by molar-refractivity contribution is 6.76. The molecule has 0 radical (unpaired) electrons. The van der Waals surface area contributed by atoms with Gasteiger partial charge in [-0.25, -0.2) is 9.48 Å². The molecule has 182 valence electrons. The van der Waals surface area contributed by atoms with Crippen molar-refractivity contribution in [2.45, 2.75) is 58.1 Å². The first-order chi connectivity index (χ1) is 15.2. The predicted octanol–water partition coefficient (Wildman–Crippen LogP) is 2.93. The summed E-state index contributed by atoms with van der Waals surface area (Å²) >= 11 is 0. The van der Waals surface area contributed by atoms with Gasteiger partial charge in [0.2, 0.25) is 0 Å². The Bertz CT molecular complexity index is 1110. The Balaban J connectivity index is 2.23. The van der Waals surface area contributed by atoms with E-state index in [0.29, 0.717) is 11.3 Å². The quantitative estimate of drug-likeness (QED) is 0.390. The van der Waals surface area contributed by atoms with Gasteiger partial charge >= 0.3 is 12.1 Å². The molecule has 2 rings (SSSR count). The highest BCUT2D eigenvalue weighted by atomic mass is 28.3. The predicted molar refractivity (Wildman–Crippen MR) is 118 cm³/mol. The number of alkyl halides is 3. The molecule has 2 aromatic heterocycles. The van der Waals surface area contributed by atoms with Gasteiger partial charge < -0.3 is 19.7 Å². The van der Waals surface area contributed by atoms with E-state index in [1.807, 2.05) is 0 Å². The Morgan fingerprint density at radius 2 is 1.94 bits per heavy atom. The molecule has 2 N–H and O–H groups in total. The summed E-state index contributed by atoms with van der Waals surface area (Å²) in [4.78, 5) is 35.6. The SMILES string of the molecule is CC(Cn1cc(C(=O)O)ccc1=O)Nc1cnn(COCC[Si](C)(C)C)c(=O)c1C(F)(F)F. The lowest BCUT2D eigenvalue weighted by atomic mass is 10.2. The maximum atomic E-state index is 13.7. The second-order valence-corrected chi connectivity index (χ2v) is 14.5. The Hall–Kier alpha value is -2.93. The average Bonchev–Trinajstić information content (AvgIpc) is 2.66. The van der Waals surface area contributed by atoms with E-state index in [1.165, 1.54) is 6.92 Å². The summed E-state index contributed by atoms with van der Waals surface area (Å²) in [7, 11) is -1.40. The van der Waals surface area contributed by atoms with Gasteiger partial charge in [-0.2, -0.15) is 18.3 Å². The summed E-state index contributed by atoms with van der Waals surface area (Å²) in [6.45, 7) is 7.62. The smallest absolute Gasteiger partial charge is 0.423 e. The number of aromatic carboxylic acids is 1. The lowest BCUT2D eigenvalue weighted by Crippen LogP contribution is -2.35. The summed E-state index contributed by atoms with van der Waals surface area (Å²) in [6, 6.07) is 2.21. The van der Waals surface area contributed by atoms with Crippen LogP contribution < -0.4 is 16.4 Å². The number of nitrogens with one attached hydrogen (secondary N) is 1. The number of rotatable bonds is 10. The molecule has 0 fully saturated rings. The highest BCUT2D eigenvalue weighted by Crippen LogP contribution is 2.32. The fourth-order valence-electron chi connectivity index (χ4n) is 2.90. The number of halogens is 3. The number of carbonyl (C=O) groups is 1. The van der Waals surface area contributed by atoms with Crippen molar-refractivity contribution in [2.75, 3.05) is 11.9 Å². The minimum atomic E-state index is -4.96. The second-order valence-electron chi connectivity index (χ2n) is 8.84. The summed E-state index contributed by atoms with van der Waals surface area (Å²) in [5.41, 5.74) is -3.98. The van der Waals surface area contributed by atoms with E-state index in [2.05, 4.69) is 30.1 Å². The van der Waals surface area contributed by atoms with E-state index in [9.17, 15) is 27.6 Å². The molecule has 0 aliphatic heterocycles. The van der Waals surface area contributed by atoms with Crippen molar-refractivity contribution in [3.05, 3.63) is 56.4 Å². The zero-order valence-corrected chi connectivity index (χ0v) is 19.8. The number of ether oxygens (including phenoxy) is 1. The third-order valence-corrected chi connectivity index (χ3v) is 6.34. The molecule has 1 unspecified atom stereocenters. The summed E-state index contributed by atoms with van der Waals surface area (Å²) < 4.78 is 48.1. The molecule has 9 nitrogen and oxygen atoms in total. The average molecular weight is 489 g/mol. The molecular weight excluding hydrogens is 461 g/mol. The molecule has 2 heterocycles. The van der Waals surface area contributed by atoms with Crippen molar-refractivity contribution in [3.8, 4) is 0 Å². The van der Waals surface area contributed by atoms with E-state index in [1.54, 1.807) is 0 Å². The van der Waals surface area contributed by atoms with Crippen LogP contribution in [0.3, 0.4) is 0 Å². The molecule has 1 atom stereocenters. The van der Waals surface area contributed by atoms with Crippen LogP contribution in [-0.2, 0) is 24.2 Å². The van der Waals surface area contributed by atoms with Crippen molar-refractivity contribution >= 4 is 19.7 Å². The van der Waals surface area contributed by atoms with Gasteiger partial charge in [-0.15, -0.1) is 0 Å². The van der Waals surface area contributed by atoms with Crippen LogP contribution in [0, 0.1) is 0 Å². The van der Waals surface area contributed by atoms with E-state index in [0.717, 1.165) is 35.1 Å². The molecule has 2 aromatic rings. The summed E-state index contributed by atoms with van der Waals surface area (Å²) in [5, 5.41) is 15.4. The monoisotopic (exact) mass is 488 g/mol. The van der Waals surface area contributed by atoms with E-state index in [4.69, 9.17) is 9.84 Å². The normalized spacial score (nSPS) is 13.1. The van der Waals surface area contributed by atoms with Crippen LogP contribution in [-0.4, -0.2) is 46.1 Å². The van der Waals surface area contributed by atoms with Crippen LogP contribution in [0.15, 0.2) is 34.1 Å². The van der Waals surface area contributed by atoms with E-state index in [-0.39, 0.29) is 12.1 Å². The molecular formula is C20H27F3N4O5Si. The van der Waals surface area contributed by atoms with Crippen LogP contribution in [0.5, 0.6) is 0 Å². The molecule has 0 aliphatic carbocycles. The van der Waals surface area contributed by atoms with Crippen molar-refractivity contribution < 1.29 is 27.8 Å². The number of aromatic nitrogens is 3. The van der Waals surface area contributed by atoms with Crippen LogP contribution in [0.25, 0.3) is 0 Å². The highest BCUT2D eigenvalue weighted by Gasteiger charge is 2.38. The van der Waals surface area contributed by atoms with Gasteiger partial charge in [0.15, 0.2) is 0 Å². The summed E-state index contributed by atoms with van der Waals surface area (Å²) in [6.07, 6.45) is -2.97. The lowest BCUT2D eigenvalue weighted by Gasteiger charge is -2.20. The van der Waals surface area contributed by atoms with Gasteiger partial charge in [0.05, 0.1) is 17.4 Å². The summed E-state index contributed by atoms with van der Waals surface area (Å²) in [5.74, 6) is -1.25. The first-order valence-electron chi connectivity index (χ1n) is 10.1. The topological polar surface area (TPSA) is 115 Å². The van der Waals surface area contributed by atoms with Crippen molar-refractivity contribution in [1.82, 2.24) is 14.3 Å². The van der Waals surface area contributed by atoms with Gasteiger partial charge in [-0.05, 0) is 19.0 Å². The Labute approximate surface area is 188 Å². The first kappa shape index (κ1) is 26.3. The molecule has 0 bridgehead atoms. The molecule has 0 saturated carbocycles. The van der Waals surface area contributed by atoms with Gasteiger partial charge in [0.1, 0.15) is 12.3 Å². The minimum Gasteiger partial charge on any atom is -0.478 e. The zero-order valence-electron chi connectivity index (χ0n) is 18.8. The number of hydrogen-bond acceptors (Lipinski definition) is 6. The van der Waals surface area contributed by atoms with E-state index < -0.39 is 55.4 Å². The third-order valence-electron chi connectivity index (χ3n) is 4.64. The lowest BCUT2D eigenvalue weighted by molar-refractivity contribution is -0.138. The molecule has 0 spiro atoms. The fraction of sp³-hybridized carbons (Fsp3) is 0.500. The zero-order chi connectivity index (χ0) is 25.0. The molecule has 0 saturated heterocycles. The van der Waals surface area contributed by atoms with Crippen molar-refractivity contribution in [1.29, 1.82) is 0 Å². The van der Waals surface area contributed by atoms with Crippen LogP contribution >= 0.6 is 0 Å². The molecule has 0 amide bonds. The maximum Gasteiger partial charge on any atom is 0.423 e.